The van der Waals surface area contributed by atoms with Crippen LogP contribution in [0.25, 0.3) is 0 Å². The normalized spacial score (nSPS) is 40.9. The first-order chi connectivity index (χ1) is 5.54. The number of hydrogen-bond donors (Lipinski definition) is 0. The molecule has 0 aromatic carbocycles. The van der Waals surface area contributed by atoms with E-state index < -0.39 is 0 Å². The Hall–Kier alpha value is -0.590. The highest BCUT2D eigenvalue weighted by molar-refractivity contribution is 5.91. The molecule has 0 aromatic heterocycles. The van der Waals surface area contributed by atoms with Crippen molar-refractivity contribution in [3.63, 3.8) is 0 Å². The molecule has 0 amide bonds. The first-order valence-electron chi connectivity index (χ1n) is 4.72. The molecule has 0 spiro atoms. The number of rotatable bonds is 0. The van der Waals surface area contributed by atoms with Crippen molar-refractivity contribution in [1.29, 1.82) is 0 Å². The van der Waals surface area contributed by atoms with Gasteiger partial charge in [-0.05, 0) is 32.6 Å². The Labute approximate surface area is 73.8 Å². The van der Waals surface area contributed by atoms with Gasteiger partial charge in [0.15, 0.2) is 0 Å². The molecule has 2 aliphatic carbocycles. The van der Waals surface area contributed by atoms with Crippen molar-refractivity contribution in [2.75, 3.05) is 0 Å². The van der Waals surface area contributed by atoms with E-state index in [0.29, 0.717) is 11.7 Å². The molecule has 0 aliphatic heterocycles. The summed E-state index contributed by atoms with van der Waals surface area (Å²) in [5.41, 5.74) is 3.00. The minimum atomic E-state index is 0.0313. The van der Waals surface area contributed by atoms with E-state index in [9.17, 15) is 4.79 Å². The molecule has 1 heteroatoms. The maximum Gasteiger partial charge on any atom is 0.139 e. The number of allylic oxidation sites excluding steroid dienone is 2. The lowest BCUT2D eigenvalue weighted by molar-refractivity contribution is -0.144. The van der Waals surface area contributed by atoms with Crippen LogP contribution in [0.1, 0.15) is 40.0 Å². The van der Waals surface area contributed by atoms with E-state index in [1.807, 2.05) is 0 Å². The minimum Gasteiger partial charge on any atom is -0.299 e. The Morgan fingerprint density at radius 1 is 1.25 bits per heavy atom. The second kappa shape index (κ2) is 2.21. The zero-order valence-electron chi connectivity index (χ0n) is 8.11. The third-order valence-electron chi connectivity index (χ3n) is 3.88. The lowest BCUT2D eigenvalue weighted by atomic mass is 9.53. The van der Waals surface area contributed by atoms with Crippen LogP contribution in [0.4, 0.5) is 0 Å². The summed E-state index contributed by atoms with van der Waals surface area (Å²) < 4.78 is 0. The van der Waals surface area contributed by atoms with Crippen molar-refractivity contribution in [3.05, 3.63) is 11.1 Å². The van der Waals surface area contributed by atoms with Crippen LogP contribution in [-0.2, 0) is 4.79 Å². The molecule has 2 aliphatic rings. The number of carbonyl (C=O) groups excluding carboxylic acids is 1. The predicted octanol–water partition coefficient (Wildman–Crippen LogP) is 2.71. The Morgan fingerprint density at radius 2 is 1.92 bits per heavy atom. The quantitative estimate of drug-likeness (QED) is 0.503. The van der Waals surface area contributed by atoms with Crippen molar-refractivity contribution in [3.8, 4) is 0 Å². The maximum atomic E-state index is 11.4. The molecule has 1 fully saturated rings. The largest absolute Gasteiger partial charge is 0.299 e. The minimum absolute atomic E-state index is 0.0313. The van der Waals surface area contributed by atoms with E-state index in [-0.39, 0.29) is 5.41 Å². The Kier molecular flexibility index (Phi) is 1.48. The predicted molar refractivity (Wildman–Crippen MR) is 48.8 cm³/mol. The van der Waals surface area contributed by atoms with Crippen molar-refractivity contribution in [2.45, 2.75) is 40.0 Å². The number of hydrogen-bond acceptors (Lipinski definition) is 1. The van der Waals surface area contributed by atoms with Gasteiger partial charge in [0.05, 0.1) is 0 Å². The van der Waals surface area contributed by atoms with Crippen LogP contribution < -0.4 is 0 Å². The van der Waals surface area contributed by atoms with Gasteiger partial charge in [0.2, 0.25) is 0 Å². The fourth-order valence-electron chi connectivity index (χ4n) is 2.56. The van der Waals surface area contributed by atoms with Crippen LogP contribution >= 0.6 is 0 Å². The van der Waals surface area contributed by atoms with E-state index >= 15 is 0 Å². The lowest BCUT2D eigenvalue weighted by Gasteiger charge is -2.49. The van der Waals surface area contributed by atoms with E-state index in [0.717, 1.165) is 19.3 Å². The monoisotopic (exact) mass is 164 g/mol. The first kappa shape index (κ1) is 8.03. The summed E-state index contributed by atoms with van der Waals surface area (Å²) in [7, 11) is 0. The summed E-state index contributed by atoms with van der Waals surface area (Å²) in [6.07, 6.45) is 3.01. The molecule has 0 saturated heterocycles. The molecule has 0 aromatic rings. The molecule has 12 heavy (non-hydrogen) atoms. The van der Waals surface area contributed by atoms with Gasteiger partial charge in [-0.2, -0.15) is 0 Å². The first-order valence-corrected chi connectivity index (χ1v) is 4.72. The number of carbonyl (C=O) groups is 1. The summed E-state index contributed by atoms with van der Waals surface area (Å²) in [5.74, 6) is 1.15. The zero-order chi connectivity index (χ0) is 8.93. The van der Waals surface area contributed by atoms with Gasteiger partial charge < -0.3 is 0 Å². The highest BCUT2D eigenvalue weighted by Gasteiger charge is 2.52. The van der Waals surface area contributed by atoms with Crippen molar-refractivity contribution < 1.29 is 4.79 Å². The van der Waals surface area contributed by atoms with Crippen molar-refractivity contribution >= 4 is 5.78 Å². The van der Waals surface area contributed by atoms with Gasteiger partial charge in [-0.15, -0.1) is 0 Å². The number of ketones is 1. The van der Waals surface area contributed by atoms with Crippen LogP contribution in [-0.4, -0.2) is 5.78 Å². The fraction of sp³-hybridized carbons (Fsp3) is 0.727. The smallest absolute Gasteiger partial charge is 0.139 e. The van der Waals surface area contributed by atoms with Gasteiger partial charge >= 0.3 is 0 Å². The van der Waals surface area contributed by atoms with Crippen LogP contribution in [0, 0.1) is 11.3 Å². The van der Waals surface area contributed by atoms with Gasteiger partial charge in [-0.3, -0.25) is 4.79 Å². The third kappa shape index (κ3) is 0.825. The molecule has 1 nitrogen and oxygen atoms in total. The highest BCUT2D eigenvalue weighted by atomic mass is 16.1. The molecular formula is C11H16O. The Bertz CT molecular complexity index is 275. The average molecular weight is 164 g/mol. The van der Waals surface area contributed by atoms with Crippen LogP contribution in [0.2, 0.25) is 0 Å². The van der Waals surface area contributed by atoms with Gasteiger partial charge in [0.25, 0.3) is 0 Å². The zero-order valence-corrected chi connectivity index (χ0v) is 8.11. The molecule has 0 heterocycles. The molecule has 0 N–H and O–H groups in total. The molecule has 0 unspecified atom stereocenters. The van der Waals surface area contributed by atoms with E-state index in [1.54, 1.807) is 0 Å². The SMILES string of the molecule is CC1=C(C)C[C@@]2(C)C(=O)C[C@H]2C1. The molecule has 2 atom stereocenters. The van der Waals surface area contributed by atoms with E-state index in [4.69, 9.17) is 0 Å². The molecule has 66 valence electrons. The van der Waals surface area contributed by atoms with Gasteiger partial charge in [-0.1, -0.05) is 18.1 Å². The van der Waals surface area contributed by atoms with Gasteiger partial charge in [0, 0.05) is 11.8 Å². The summed E-state index contributed by atoms with van der Waals surface area (Å²) in [4.78, 5) is 11.4. The Morgan fingerprint density at radius 3 is 2.50 bits per heavy atom. The summed E-state index contributed by atoms with van der Waals surface area (Å²) in [5, 5.41) is 0. The average Bonchev–Trinajstić information content (AvgIpc) is 2.01. The molecular weight excluding hydrogens is 148 g/mol. The number of Topliss-reactive ketones (excluding diaryl/α,β-unsaturated/α-hetero) is 1. The van der Waals surface area contributed by atoms with Crippen LogP contribution in [0.5, 0.6) is 0 Å². The van der Waals surface area contributed by atoms with Crippen LogP contribution in [0.3, 0.4) is 0 Å². The number of fused-ring (bicyclic) bond motifs is 1. The fourth-order valence-corrected chi connectivity index (χ4v) is 2.56. The topological polar surface area (TPSA) is 17.1 Å². The molecule has 0 bridgehead atoms. The standard InChI is InChI=1S/C11H16O/c1-7-4-9-5-10(12)11(9,3)6-8(7)2/h9H,4-6H2,1-3H3/t9-,11-/m1/s1. The lowest BCUT2D eigenvalue weighted by Crippen LogP contribution is -2.49. The van der Waals surface area contributed by atoms with Gasteiger partial charge in [0.1, 0.15) is 5.78 Å². The third-order valence-corrected chi connectivity index (χ3v) is 3.88. The molecule has 1 saturated carbocycles. The van der Waals surface area contributed by atoms with Crippen molar-refractivity contribution in [1.82, 2.24) is 0 Å². The second-order valence-electron chi connectivity index (χ2n) is 4.68. The van der Waals surface area contributed by atoms with E-state index in [2.05, 4.69) is 20.8 Å². The summed E-state index contributed by atoms with van der Waals surface area (Å²) in [6.45, 7) is 6.51. The summed E-state index contributed by atoms with van der Waals surface area (Å²) in [6, 6.07) is 0. The highest BCUT2D eigenvalue weighted by Crippen LogP contribution is 2.53. The summed E-state index contributed by atoms with van der Waals surface area (Å²) >= 11 is 0. The van der Waals surface area contributed by atoms with E-state index in [1.165, 1.54) is 11.1 Å². The van der Waals surface area contributed by atoms with Gasteiger partial charge in [-0.25, -0.2) is 0 Å². The molecule has 0 radical (unpaired) electrons. The second-order valence-corrected chi connectivity index (χ2v) is 4.68. The molecule has 2 rings (SSSR count). The Balaban J connectivity index is 2.30. The van der Waals surface area contributed by atoms with Crippen molar-refractivity contribution in [2.24, 2.45) is 11.3 Å². The van der Waals surface area contributed by atoms with Crippen LogP contribution in [0.15, 0.2) is 11.1 Å². The maximum absolute atomic E-state index is 11.4.